The molecule has 0 fully saturated rings. The highest BCUT2D eigenvalue weighted by atomic mass is 35.5. The molecule has 20 heavy (non-hydrogen) atoms. The van der Waals surface area contributed by atoms with Crippen LogP contribution in [-0.2, 0) is 11.2 Å². The molecular formula is C15H13ClFNOS. The number of thiophene rings is 1. The monoisotopic (exact) mass is 309 g/mol. The van der Waals surface area contributed by atoms with Gasteiger partial charge in [0, 0.05) is 17.5 Å². The Morgan fingerprint density at radius 3 is 2.80 bits per heavy atom. The SMILES string of the molecule is O=C(C=Cc1ccc(Cl)s1)NCCc1ccccc1F. The first-order valence-electron chi connectivity index (χ1n) is 6.10. The third-order valence-corrected chi connectivity index (χ3v) is 3.84. The zero-order chi connectivity index (χ0) is 14.4. The van der Waals surface area contributed by atoms with Crippen LogP contribution < -0.4 is 5.32 Å². The van der Waals surface area contributed by atoms with E-state index >= 15 is 0 Å². The second-order valence-electron chi connectivity index (χ2n) is 4.11. The average molecular weight is 310 g/mol. The maximum atomic E-state index is 13.3. The van der Waals surface area contributed by atoms with Crippen molar-refractivity contribution >= 4 is 34.9 Å². The van der Waals surface area contributed by atoms with E-state index in [1.165, 1.54) is 23.5 Å². The highest BCUT2D eigenvalue weighted by Crippen LogP contribution is 2.22. The van der Waals surface area contributed by atoms with Crippen molar-refractivity contribution in [2.45, 2.75) is 6.42 Å². The Morgan fingerprint density at radius 1 is 1.30 bits per heavy atom. The number of nitrogens with one attached hydrogen (secondary N) is 1. The average Bonchev–Trinajstić information content (AvgIpc) is 2.84. The van der Waals surface area contributed by atoms with Gasteiger partial charge in [0.1, 0.15) is 5.82 Å². The van der Waals surface area contributed by atoms with Crippen molar-refractivity contribution in [2.75, 3.05) is 6.54 Å². The third kappa shape index (κ3) is 4.47. The van der Waals surface area contributed by atoms with Gasteiger partial charge in [0.2, 0.25) is 5.91 Å². The molecule has 2 rings (SSSR count). The highest BCUT2D eigenvalue weighted by Gasteiger charge is 2.01. The fraction of sp³-hybridized carbons (Fsp3) is 0.133. The molecule has 0 spiro atoms. The molecule has 104 valence electrons. The van der Waals surface area contributed by atoms with Gasteiger partial charge in [-0.25, -0.2) is 4.39 Å². The summed E-state index contributed by atoms with van der Waals surface area (Å²) in [4.78, 5) is 12.5. The summed E-state index contributed by atoms with van der Waals surface area (Å²) in [5, 5.41) is 2.71. The number of halogens is 2. The molecule has 0 saturated carbocycles. The molecule has 1 heterocycles. The number of carbonyl (C=O) groups is 1. The summed E-state index contributed by atoms with van der Waals surface area (Å²) in [6, 6.07) is 10.2. The molecule has 1 amide bonds. The zero-order valence-corrected chi connectivity index (χ0v) is 12.2. The fourth-order valence-corrected chi connectivity index (χ4v) is 2.62. The van der Waals surface area contributed by atoms with Gasteiger partial charge < -0.3 is 5.32 Å². The van der Waals surface area contributed by atoms with Crippen LogP contribution in [0.15, 0.2) is 42.5 Å². The number of carbonyl (C=O) groups excluding carboxylic acids is 1. The standard InChI is InChI=1S/C15H13ClFNOS/c16-14-7-5-12(20-14)6-8-15(19)18-10-9-11-3-1-2-4-13(11)17/h1-8H,9-10H2,(H,18,19). The summed E-state index contributed by atoms with van der Waals surface area (Å²) in [5.74, 6) is -0.448. The first kappa shape index (κ1) is 14.8. The van der Waals surface area contributed by atoms with Gasteiger partial charge in [0.05, 0.1) is 4.34 Å². The molecule has 0 aliphatic carbocycles. The Balaban J connectivity index is 1.78. The Kier molecular flexibility index (Phi) is 5.32. The van der Waals surface area contributed by atoms with Gasteiger partial charge in [-0.15, -0.1) is 11.3 Å². The van der Waals surface area contributed by atoms with Crippen molar-refractivity contribution < 1.29 is 9.18 Å². The number of amides is 1. The van der Waals surface area contributed by atoms with Crippen LogP contribution in [-0.4, -0.2) is 12.5 Å². The minimum absolute atomic E-state index is 0.203. The van der Waals surface area contributed by atoms with E-state index < -0.39 is 0 Å². The number of hydrogen-bond donors (Lipinski definition) is 1. The molecule has 1 N–H and O–H groups in total. The van der Waals surface area contributed by atoms with E-state index in [0.29, 0.717) is 22.9 Å². The van der Waals surface area contributed by atoms with E-state index in [1.807, 2.05) is 6.07 Å². The van der Waals surface area contributed by atoms with E-state index in [1.54, 1.807) is 30.3 Å². The molecule has 2 aromatic rings. The summed E-state index contributed by atoms with van der Waals surface area (Å²) < 4.78 is 14.0. The van der Waals surface area contributed by atoms with Crippen LogP contribution in [0.4, 0.5) is 4.39 Å². The molecule has 0 radical (unpaired) electrons. The van der Waals surface area contributed by atoms with Crippen LogP contribution in [0, 0.1) is 5.82 Å². The van der Waals surface area contributed by atoms with Crippen molar-refractivity contribution in [3.8, 4) is 0 Å². The molecular weight excluding hydrogens is 297 g/mol. The molecule has 0 aliphatic rings. The lowest BCUT2D eigenvalue weighted by Gasteiger charge is -2.03. The Bertz CT molecular complexity index is 624. The highest BCUT2D eigenvalue weighted by molar-refractivity contribution is 7.17. The lowest BCUT2D eigenvalue weighted by Crippen LogP contribution is -2.23. The Labute approximate surface area is 125 Å². The van der Waals surface area contributed by atoms with Crippen molar-refractivity contribution in [2.24, 2.45) is 0 Å². The van der Waals surface area contributed by atoms with E-state index in [-0.39, 0.29) is 11.7 Å². The van der Waals surface area contributed by atoms with Gasteiger partial charge in [0.25, 0.3) is 0 Å². The number of hydrogen-bond acceptors (Lipinski definition) is 2. The van der Waals surface area contributed by atoms with Crippen LogP contribution in [0.1, 0.15) is 10.4 Å². The van der Waals surface area contributed by atoms with E-state index in [2.05, 4.69) is 5.32 Å². The molecule has 0 unspecified atom stereocenters. The van der Waals surface area contributed by atoms with Crippen molar-refractivity contribution in [3.05, 3.63) is 63.1 Å². The van der Waals surface area contributed by atoms with E-state index in [0.717, 1.165) is 4.88 Å². The predicted octanol–water partition coefficient (Wildman–Crippen LogP) is 3.91. The topological polar surface area (TPSA) is 29.1 Å². The number of rotatable bonds is 5. The summed E-state index contributed by atoms with van der Waals surface area (Å²) in [7, 11) is 0. The lowest BCUT2D eigenvalue weighted by atomic mass is 10.1. The van der Waals surface area contributed by atoms with Crippen LogP contribution in [0.5, 0.6) is 0 Å². The predicted molar refractivity (Wildman–Crippen MR) is 81.5 cm³/mol. The molecule has 0 bridgehead atoms. The largest absolute Gasteiger partial charge is 0.352 e. The zero-order valence-electron chi connectivity index (χ0n) is 10.6. The Hall–Kier alpha value is -1.65. The quantitative estimate of drug-likeness (QED) is 0.834. The van der Waals surface area contributed by atoms with Crippen molar-refractivity contribution in [1.29, 1.82) is 0 Å². The van der Waals surface area contributed by atoms with Gasteiger partial charge in [0.15, 0.2) is 0 Å². The molecule has 1 aromatic heterocycles. The van der Waals surface area contributed by atoms with Crippen LogP contribution in [0.2, 0.25) is 4.34 Å². The molecule has 0 aliphatic heterocycles. The van der Waals surface area contributed by atoms with Gasteiger partial charge in [-0.3, -0.25) is 4.79 Å². The second-order valence-corrected chi connectivity index (χ2v) is 5.85. The summed E-state index contributed by atoms with van der Waals surface area (Å²) in [6.07, 6.45) is 3.62. The molecule has 2 nitrogen and oxygen atoms in total. The van der Waals surface area contributed by atoms with Crippen molar-refractivity contribution in [3.63, 3.8) is 0 Å². The third-order valence-electron chi connectivity index (χ3n) is 2.64. The first-order valence-corrected chi connectivity index (χ1v) is 7.29. The minimum Gasteiger partial charge on any atom is -0.352 e. The van der Waals surface area contributed by atoms with Gasteiger partial charge in [-0.05, 0) is 36.3 Å². The first-order chi connectivity index (χ1) is 9.65. The van der Waals surface area contributed by atoms with Gasteiger partial charge in [-0.2, -0.15) is 0 Å². The lowest BCUT2D eigenvalue weighted by molar-refractivity contribution is -0.116. The maximum Gasteiger partial charge on any atom is 0.244 e. The van der Waals surface area contributed by atoms with Crippen LogP contribution >= 0.6 is 22.9 Å². The normalized spacial score (nSPS) is 10.9. The molecule has 1 aromatic carbocycles. The van der Waals surface area contributed by atoms with Crippen LogP contribution in [0.25, 0.3) is 6.08 Å². The molecule has 0 atom stereocenters. The summed E-state index contributed by atoms with van der Waals surface area (Å²) in [6.45, 7) is 0.398. The smallest absolute Gasteiger partial charge is 0.244 e. The fourth-order valence-electron chi connectivity index (χ4n) is 1.66. The second kappa shape index (κ2) is 7.22. The Morgan fingerprint density at radius 2 is 2.10 bits per heavy atom. The van der Waals surface area contributed by atoms with Crippen LogP contribution in [0.3, 0.4) is 0 Å². The van der Waals surface area contributed by atoms with Gasteiger partial charge >= 0.3 is 0 Å². The number of benzene rings is 1. The van der Waals surface area contributed by atoms with Crippen molar-refractivity contribution in [1.82, 2.24) is 5.32 Å². The van der Waals surface area contributed by atoms with E-state index in [4.69, 9.17) is 11.6 Å². The maximum absolute atomic E-state index is 13.3. The summed E-state index contributed by atoms with van der Waals surface area (Å²) >= 11 is 7.19. The van der Waals surface area contributed by atoms with Gasteiger partial charge in [-0.1, -0.05) is 29.8 Å². The minimum atomic E-state index is -0.245. The van der Waals surface area contributed by atoms with E-state index in [9.17, 15) is 9.18 Å². The summed E-state index contributed by atoms with van der Waals surface area (Å²) in [5.41, 5.74) is 0.599. The molecule has 0 saturated heterocycles. The molecule has 5 heteroatoms.